The molecule has 0 spiro atoms. The fourth-order valence-electron chi connectivity index (χ4n) is 3.52. The van der Waals surface area contributed by atoms with Crippen LogP contribution in [0.25, 0.3) is 16.7 Å². The Morgan fingerprint density at radius 1 is 1.24 bits per heavy atom. The molecule has 0 aromatic carbocycles. The largest absolute Gasteiger partial charge is 0.350 e. The topological polar surface area (TPSA) is 92.2 Å². The Hall–Kier alpha value is -2.96. The predicted molar refractivity (Wildman–Crippen MR) is 114 cm³/mol. The lowest BCUT2D eigenvalue weighted by atomic mass is 10.1. The number of aryl methyl sites for hydroxylation is 2. The first-order valence-electron chi connectivity index (χ1n) is 10.3. The third-order valence-electron chi connectivity index (χ3n) is 5.03. The van der Waals surface area contributed by atoms with Gasteiger partial charge in [0.15, 0.2) is 0 Å². The monoisotopic (exact) mass is 395 g/mol. The normalized spacial score (nSPS) is 11.5. The van der Waals surface area contributed by atoms with Crippen molar-refractivity contribution in [3.8, 4) is 0 Å². The number of amides is 1. The van der Waals surface area contributed by atoms with Gasteiger partial charge in [-0.25, -0.2) is 4.98 Å². The summed E-state index contributed by atoms with van der Waals surface area (Å²) in [7, 11) is 0. The van der Waals surface area contributed by atoms with Gasteiger partial charge in [-0.15, -0.1) is 0 Å². The van der Waals surface area contributed by atoms with Crippen LogP contribution in [0.1, 0.15) is 62.4 Å². The number of hydrogen-bond donors (Lipinski definition) is 2. The standard InChI is InChI=1S/C22H29N5O2/c1-5-6-7-8-11-26-18(23)16(21(28)24-14(2)3)13-17-20(26)25-19-15(4)10-9-12-27(19)22(17)29/h9-10,12-14,23H,5-8,11H2,1-4H3,(H,24,28). The molecule has 0 saturated carbocycles. The van der Waals surface area contributed by atoms with Crippen LogP contribution in [0.15, 0.2) is 29.2 Å². The van der Waals surface area contributed by atoms with Gasteiger partial charge in [0.05, 0.1) is 10.9 Å². The minimum absolute atomic E-state index is 0.0610. The Bertz CT molecular complexity index is 1170. The lowest BCUT2D eigenvalue weighted by Crippen LogP contribution is -2.37. The summed E-state index contributed by atoms with van der Waals surface area (Å²) in [5.74, 6) is -0.344. The van der Waals surface area contributed by atoms with E-state index in [0.717, 1.165) is 31.2 Å². The van der Waals surface area contributed by atoms with Crippen molar-refractivity contribution in [1.82, 2.24) is 19.3 Å². The molecule has 7 nitrogen and oxygen atoms in total. The smallest absolute Gasteiger partial charge is 0.267 e. The van der Waals surface area contributed by atoms with E-state index in [1.165, 1.54) is 10.5 Å². The van der Waals surface area contributed by atoms with E-state index in [1.54, 1.807) is 16.8 Å². The van der Waals surface area contributed by atoms with E-state index in [-0.39, 0.29) is 28.6 Å². The Kier molecular flexibility index (Phi) is 6.15. The van der Waals surface area contributed by atoms with Crippen molar-refractivity contribution in [3.05, 3.63) is 51.4 Å². The minimum Gasteiger partial charge on any atom is -0.350 e. The number of nitrogens with one attached hydrogen (secondary N) is 2. The van der Waals surface area contributed by atoms with Crippen LogP contribution < -0.4 is 16.4 Å². The van der Waals surface area contributed by atoms with Crippen molar-refractivity contribution in [3.63, 3.8) is 0 Å². The summed E-state index contributed by atoms with van der Waals surface area (Å²) in [4.78, 5) is 30.6. The molecule has 1 amide bonds. The van der Waals surface area contributed by atoms with Gasteiger partial charge >= 0.3 is 0 Å². The quantitative estimate of drug-likeness (QED) is 0.475. The van der Waals surface area contributed by atoms with Crippen molar-refractivity contribution in [2.24, 2.45) is 0 Å². The number of rotatable bonds is 7. The molecule has 0 bridgehead atoms. The fourth-order valence-corrected chi connectivity index (χ4v) is 3.52. The van der Waals surface area contributed by atoms with Gasteiger partial charge in [0.2, 0.25) is 0 Å². The highest BCUT2D eigenvalue weighted by Gasteiger charge is 2.18. The zero-order valence-electron chi connectivity index (χ0n) is 17.6. The first kappa shape index (κ1) is 20.8. The highest BCUT2D eigenvalue weighted by molar-refractivity contribution is 5.97. The molecular weight excluding hydrogens is 366 g/mol. The van der Waals surface area contributed by atoms with Crippen LogP contribution in [0.5, 0.6) is 0 Å². The molecule has 0 atom stereocenters. The summed E-state index contributed by atoms with van der Waals surface area (Å²) in [5, 5.41) is 11.9. The Balaban J connectivity index is 2.29. The van der Waals surface area contributed by atoms with Crippen molar-refractivity contribution in [2.75, 3.05) is 0 Å². The summed E-state index contributed by atoms with van der Waals surface area (Å²) in [5.41, 5.74) is 2.00. The maximum absolute atomic E-state index is 13.2. The second-order valence-electron chi connectivity index (χ2n) is 7.79. The van der Waals surface area contributed by atoms with Crippen molar-refractivity contribution >= 4 is 22.6 Å². The second kappa shape index (κ2) is 8.59. The lowest BCUT2D eigenvalue weighted by Gasteiger charge is -2.16. The number of carbonyl (C=O) groups is 1. The molecule has 0 fully saturated rings. The number of hydrogen-bond acceptors (Lipinski definition) is 4. The number of unbranched alkanes of at least 4 members (excludes halogenated alkanes) is 3. The van der Waals surface area contributed by atoms with Gasteiger partial charge in [-0.1, -0.05) is 32.3 Å². The Morgan fingerprint density at radius 2 is 2.00 bits per heavy atom. The molecule has 3 heterocycles. The summed E-state index contributed by atoms with van der Waals surface area (Å²) in [6.45, 7) is 8.34. The Labute approximate surface area is 169 Å². The van der Waals surface area contributed by atoms with Gasteiger partial charge < -0.3 is 9.88 Å². The maximum Gasteiger partial charge on any atom is 0.267 e. The first-order valence-corrected chi connectivity index (χ1v) is 10.3. The van der Waals surface area contributed by atoms with Crippen LogP contribution in [-0.2, 0) is 6.54 Å². The van der Waals surface area contributed by atoms with E-state index in [1.807, 2.05) is 26.8 Å². The average Bonchev–Trinajstić information content (AvgIpc) is 2.67. The molecule has 3 aromatic heterocycles. The number of fused-ring (bicyclic) bond motifs is 2. The van der Waals surface area contributed by atoms with Crippen molar-refractivity contribution < 1.29 is 4.79 Å². The van der Waals surface area contributed by atoms with E-state index >= 15 is 0 Å². The second-order valence-corrected chi connectivity index (χ2v) is 7.79. The van der Waals surface area contributed by atoms with Crippen LogP contribution in [0.4, 0.5) is 0 Å². The van der Waals surface area contributed by atoms with E-state index in [4.69, 9.17) is 10.4 Å². The van der Waals surface area contributed by atoms with Crippen molar-refractivity contribution in [1.29, 1.82) is 5.41 Å². The van der Waals surface area contributed by atoms with E-state index < -0.39 is 0 Å². The van der Waals surface area contributed by atoms with Crippen LogP contribution in [0.3, 0.4) is 0 Å². The lowest BCUT2D eigenvalue weighted by molar-refractivity contribution is 0.0940. The zero-order valence-corrected chi connectivity index (χ0v) is 17.6. The number of pyridine rings is 2. The minimum atomic E-state index is -0.344. The number of aromatic nitrogens is 3. The molecule has 0 saturated heterocycles. The van der Waals surface area contributed by atoms with Gasteiger partial charge in [0, 0.05) is 18.8 Å². The third-order valence-corrected chi connectivity index (χ3v) is 5.03. The Morgan fingerprint density at radius 3 is 2.69 bits per heavy atom. The maximum atomic E-state index is 13.2. The average molecular weight is 396 g/mol. The molecular formula is C22H29N5O2. The highest BCUT2D eigenvalue weighted by atomic mass is 16.1. The fraction of sp³-hybridized carbons (Fsp3) is 0.455. The summed E-state index contributed by atoms with van der Waals surface area (Å²) >= 11 is 0. The third kappa shape index (κ3) is 4.09. The molecule has 3 aromatic rings. The molecule has 3 rings (SSSR count). The SMILES string of the molecule is CCCCCCn1c(=N)c(C(=O)NC(C)C)cc2c(=O)n3cccc(C)c3nc21. The molecule has 29 heavy (non-hydrogen) atoms. The van der Waals surface area contributed by atoms with Crippen LogP contribution >= 0.6 is 0 Å². The van der Waals surface area contributed by atoms with Crippen LogP contribution in [0, 0.1) is 12.3 Å². The van der Waals surface area contributed by atoms with Gasteiger partial charge in [-0.05, 0) is 44.9 Å². The highest BCUT2D eigenvalue weighted by Crippen LogP contribution is 2.14. The van der Waals surface area contributed by atoms with Gasteiger partial charge in [0.1, 0.15) is 16.8 Å². The van der Waals surface area contributed by atoms with E-state index in [2.05, 4.69) is 12.2 Å². The molecule has 7 heteroatoms. The van der Waals surface area contributed by atoms with E-state index in [0.29, 0.717) is 23.2 Å². The van der Waals surface area contributed by atoms with Crippen LogP contribution in [-0.4, -0.2) is 25.9 Å². The molecule has 0 aliphatic heterocycles. The summed E-state index contributed by atoms with van der Waals surface area (Å²) in [6.07, 6.45) is 5.80. The number of carbonyl (C=O) groups excluding carboxylic acids is 1. The first-order chi connectivity index (χ1) is 13.8. The van der Waals surface area contributed by atoms with Crippen LogP contribution in [0.2, 0.25) is 0 Å². The summed E-state index contributed by atoms with van der Waals surface area (Å²) in [6, 6.07) is 5.17. The van der Waals surface area contributed by atoms with Gasteiger partial charge in [0.25, 0.3) is 11.5 Å². The molecule has 0 unspecified atom stereocenters. The number of nitrogens with zero attached hydrogens (tertiary/aromatic N) is 3. The molecule has 0 radical (unpaired) electrons. The summed E-state index contributed by atoms with van der Waals surface area (Å²) < 4.78 is 3.22. The van der Waals surface area contributed by atoms with Crippen molar-refractivity contribution in [2.45, 2.75) is 66.0 Å². The molecule has 0 aliphatic carbocycles. The molecule has 2 N–H and O–H groups in total. The van der Waals surface area contributed by atoms with Gasteiger partial charge in [-0.3, -0.25) is 19.4 Å². The van der Waals surface area contributed by atoms with Gasteiger partial charge in [-0.2, -0.15) is 0 Å². The van der Waals surface area contributed by atoms with E-state index in [9.17, 15) is 9.59 Å². The molecule has 0 aliphatic rings. The molecule has 154 valence electrons. The zero-order chi connectivity index (χ0) is 21.1. The predicted octanol–water partition coefficient (Wildman–Crippen LogP) is 3.16.